The smallest absolute Gasteiger partial charge is 0.397 e. The molecule has 5 aromatic carbocycles. The highest BCUT2D eigenvalue weighted by Gasteiger charge is 2.68. The van der Waals surface area contributed by atoms with E-state index in [-0.39, 0.29) is 0 Å². The zero-order valence-corrected chi connectivity index (χ0v) is 23.6. The van der Waals surface area contributed by atoms with E-state index in [4.69, 9.17) is 4.74 Å². The van der Waals surface area contributed by atoms with Crippen LogP contribution in [-0.2, 0) is 5.66 Å². The Morgan fingerprint density at radius 1 is 0.614 bits per heavy atom. The first-order valence-electron chi connectivity index (χ1n) is 15.0. The third-order valence-corrected chi connectivity index (χ3v) is 9.81. The average molecular weight is 565 g/mol. The molecule has 5 nitrogen and oxygen atoms in total. The molecule has 8 aromatic rings. The fourth-order valence-corrected chi connectivity index (χ4v) is 8.14. The van der Waals surface area contributed by atoms with Crippen LogP contribution >= 0.6 is 0 Å². The van der Waals surface area contributed by atoms with Gasteiger partial charge in [0.15, 0.2) is 22.4 Å². The van der Waals surface area contributed by atoms with Gasteiger partial charge in [0.25, 0.3) is 5.82 Å². The minimum Gasteiger partial charge on any atom is -0.455 e. The summed E-state index contributed by atoms with van der Waals surface area (Å²) in [6, 6.07) is 45.7. The van der Waals surface area contributed by atoms with Crippen molar-refractivity contribution < 1.29 is 14.0 Å². The van der Waals surface area contributed by atoms with Crippen molar-refractivity contribution in [3.8, 4) is 45.3 Å². The lowest BCUT2D eigenvalue weighted by Gasteiger charge is -2.33. The van der Waals surface area contributed by atoms with Crippen LogP contribution in [0, 0.1) is 0 Å². The molecule has 3 aliphatic rings. The lowest BCUT2D eigenvalue weighted by Crippen LogP contribution is -2.76. The topological polar surface area (TPSA) is 26.8 Å². The predicted molar refractivity (Wildman–Crippen MR) is 169 cm³/mol. The number of hydrogen-bond acceptors (Lipinski definition) is 1. The fraction of sp³-hybridized carbons (Fsp3) is 0.0256. The molecule has 0 fully saturated rings. The van der Waals surface area contributed by atoms with Crippen molar-refractivity contribution in [2.45, 2.75) is 5.66 Å². The van der Waals surface area contributed by atoms with Gasteiger partial charge in [-0.1, -0.05) is 71.4 Å². The van der Waals surface area contributed by atoms with Crippen LogP contribution in [-0.4, -0.2) is 9.25 Å². The first kappa shape index (κ1) is 22.6. The lowest BCUT2D eigenvalue weighted by molar-refractivity contribution is -0.993. The minimum absolute atomic E-state index is 0.671. The summed E-state index contributed by atoms with van der Waals surface area (Å²) in [5.74, 6) is 2.92. The Morgan fingerprint density at radius 2 is 1.45 bits per heavy atom. The van der Waals surface area contributed by atoms with Crippen LogP contribution in [0.25, 0.3) is 55.6 Å². The predicted octanol–water partition coefficient (Wildman–Crippen LogP) is 7.51. The van der Waals surface area contributed by atoms with Crippen LogP contribution in [0.2, 0.25) is 0 Å². The Labute approximate surface area is 252 Å². The van der Waals surface area contributed by atoms with Crippen LogP contribution in [0.1, 0.15) is 11.1 Å². The van der Waals surface area contributed by atoms with Crippen molar-refractivity contribution in [1.82, 2.24) is 9.25 Å². The Bertz CT molecular complexity index is 2540. The molecule has 0 aliphatic carbocycles. The molecule has 1 unspecified atom stereocenters. The molecule has 0 radical (unpaired) electrons. The maximum atomic E-state index is 7.12. The molecule has 3 aliphatic heterocycles. The molecular weight excluding hydrogens is 540 g/mol. The highest BCUT2D eigenvalue weighted by molar-refractivity contribution is 6.11. The van der Waals surface area contributed by atoms with E-state index in [0.717, 1.165) is 39.7 Å². The van der Waals surface area contributed by atoms with Gasteiger partial charge in [-0.25, -0.2) is 0 Å². The highest BCUT2D eigenvalue weighted by atomic mass is 16.5. The Balaban J connectivity index is 1.30. The van der Waals surface area contributed by atoms with Crippen LogP contribution in [0.5, 0.6) is 11.5 Å². The molecule has 5 heteroatoms. The van der Waals surface area contributed by atoms with Gasteiger partial charge in [-0.15, -0.1) is 4.68 Å². The number of ether oxygens (including phenoxy) is 1. The molecule has 11 rings (SSSR count). The number of nitrogens with zero attached hydrogens (tertiary/aromatic N) is 4. The summed E-state index contributed by atoms with van der Waals surface area (Å²) in [6.07, 6.45) is 6.59. The molecule has 204 valence electrons. The number of benzene rings is 5. The van der Waals surface area contributed by atoms with Crippen LogP contribution in [0.15, 0.2) is 146 Å². The zero-order chi connectivity index (χ0) is 28.6. The van der Waals surface area contributed by atoms with Gasteiger partial charge in [-0.2, -0.15) is 9.13 Å². The van der Waals surface area contributed by atoms with Gasteiger partial charge in [0.1, 0.15) is 17.0 Å². The van der Waals surface area contributed by atoms with E-state index >= 15 is 0 Å². The van der Waals surface area contributed by atoms with Crippen LogP contribution in [0.3, 0.4) is 0 Å². The van der Waals surface area contributed by atoms with E-state index in [2.05, 4.69) is 164 Å². The van der Waals surface area contributed by atoms with Gasteiger partial charge < -0.3 is 4.74 Å². The van der Waals surface area contributed by atoms with Crippen molar-refractivity contribution in [2.24, 2.45) is 0 Å². The van der Waals surface area contributed by atoms with Gasteiger partial charge in [0.2, 0.25) is 6.20 Å². The number of aromatic nitrogens is 4. The first-order valence-corrected chi connectivity index (χ1v) is 15.0. The zero-order valence-electron chi connectivity index (χ0n) is 23.6. The highest BCUT2D eigenvalue weighted by Crippen LogP contribution is 2.57. The summed E-state index contributed by atoms with van der Waals surface area (Å²) < 4.78 is 16.7. The van der Waals surface area contributed by atoms with Crippen LogP contribution in [0.4, 0.5) is 0 Å². The van der Waals surface area contributed by atoms with E-state index < -0.39 is 5.66 Å². The number of hydrogen-bond donors (Lipinski definition) is 0. The molecule has 3 aromatic heterocycles. The largest absolute Gasteiger partial charge is 0.455 e. The van der Waals surface area contributed by atoms with E-state index in [9.17, 15) is 0 Å². The van der Waals surface area contributed by atoms with E-state index in [1.54, 1.807) is 0 Å². The maximum Gasteiger partial charge on any atom is 0.397 e. The quantitative estimate of drug-likeness (QED) is 0.200. The average Bonchev–Trinajstić information content (AvgIpc) is 3.78. The summed E-state index contributed by atoms with van der Waals surface area (Å²) in [5.41, 5.74) is 9.78. The molecular formula is C39H24N4O+2. The number of rotatable bonds is 2. The summed E-state index contributed by atoms with van der Waals surface area (Å²) in [5, 5.41) is 2.48. The Morgan fingerprint density at radius 3 is 2.41 bits per heavy atom. The number of pyridine rings is 1. The van der Waals surface area contributed by atoms with Gasteiger partial charge >= 0.3 is 5.66 Å². The maximum absolute atomic E-state index is 7.12. The first-order chi connectivity index (χ1) is 21.8. The summed E-state index contributed by atoms with van der Waals surface area (Å²) in [4.78, 5) is 0. The summed E-state index contributed by atoms with van der Waals surface area (Å²) in [6.45, 7) is 0. The molecule has 0 amide bonds. The molecule has 0 saturated carbocycles. The standard InChI is InChI=1S/C39H24N4O/c1-2-10-25(11-3-1)26-12-8-13-27(24-26)28-17-19-32-35-38(28)44-33-20-18-30-29-14-4-5-15-31(29)43-34-16-6-7-21-40(34)39(35,36(33)37(30)43)42-23-9-22-41(32)42/h1-24H/q+2. The second-order valence-electron chi connectivity index (χ2n) is 11.9. The van der Waals surface area contributed by atoms with Crippen molar-refractivity contribution in [3.05, 3.63) is 157 Å². The minimum atomic E-state index is -0.671. The fourth-order valence-electron chi connectivity index (χ4n) is 8.14. The Kier molecular flexibility index (Phi) is 3.97. The molecule has 1 spiro atoms. The normalized spacial score (nSPS) is 16.5. The summed E-state index contributed by atoms with van der Waals surface area (Å²) >= 11 is 0. The molecule has 0 N–H and O–H groups in total. The second kappa shape index (κ2) is 7.71. The molecule has 6 heterocycles. The number of fused-ring (bicyclic) bond motifs is 7. The SMILES string of the molecule is c1ccc(-c2cccc(-c3ccc4c5c3Oc3ccc6c7ccccc7n7c6c3C5([n+]3ccccc3-7)[n+]3cccn3-4)c2)cc1. The van der Waals surface area contributed by atoms with Gasteiger partial charge in [-0.05, 0) is 65.2 Å². The second-order valence-corrected chi connectivity index (χ2v) is 11.9. The third-order valence-electron chi connectivity index (χ3n) is 9.81. The molecule has 0 bridgehead atoms. The van der Waals surface area contributed by atoms with Gasteiger partial charge in [-0.3, -0.25) is 0 Å². The van der Waals surface area contributed by atoms with E-state index in [0.29, 0.717) is 0 Å². The van der Waals surface area contributed by atoms with Crippen LogP contribution < -0.4 is 14.0 Å². The molecule has 0 saturated heterocycles. The summed E-state index contributed by atoms with van der Waals surface area (Å²) in [7, 11) is 0. The van der Waals surface area contributed by atoms with Gasteiger partial charge in [0, 0.05) is 28.5 Å². The van der Waals surface area contributed by atoms with E-state index in [1.807, 2.05) is 0 Å². The molecule has 44 heavy (non-hydrogen) atoms. The lowest BCUT2D eigenvalue weighted by atomic mass is 9.82. The van der Waals surface area contributed by atoms with Crippen molar-refractivity contribution in [3.63, 3.8) is 0 Å². The monoisotopic (exact) mass is 564 g/mol. The van der Waals surface area contributed by atoms with Crippen molar-refractivity contribution in [1.29, 1.82) is 0 Å². The van der Waals surface area contributed by atoms with E-state index in [1.165, 1.54) is 38.5 Å². The van der Waals surface area contributed by atoms with Gasteiger partial charge in [0.05, 0.1) is 12.4 Å². The molecule has 1 atom stereocenters. The van der Waals surface area contributed by atoms with Crippen molar-refractivity contribution in [2.75, 3.05) is 0 Å². The Hall–Kier alpha value is -5.94. The number of para-hydroxylation sites is 1. The van der Waals surface area contributed by atoms with Crippen molar-refractivity contribution >= 4 is 21.8 Å². The third kappa shape index (κ3) is 2.47.